The van der Waals surface area contributed by atoms with Crippen LogP contribution >= 0.6 is 0 Å². The van der Waals surface area contributed by atoms with Gasteiger partial charge < -0.3 is 15.3 Å². The highest BCUT2D eigenvalue weighted by Gasteiger charge is 2.12. The third kappa shape index (κ3) is 1.86. The number of imidazole rings is 1. The van der Waals surface area contributed by atoms with Gasteiger partial charge in [-0.2, -0.15) is 0 Å². The summed E-state index contributed by atoms with van der Waals surface area (Å²) >= 11 is 0. The number of H-pyrrole nitrogens is 2. The largest absolute Gasteiger partial charge is 0.373 e. The van der Waals surface area contributed by atoms with E-state index >= 15 is 0 Å². The summed E-state index contributed by atoms with van der Waals surface area (Å²) in [4.78, 5) is 15.7. The molecule has 1 aromatic carbocycles. The van der Waals surface area contributed by atoms with Crippen molar-refractivity contribution in [1.82, 2.24) is 19.9 Å². The molecule has 0 unspecified atom stereocenters. The first-order valence-electron chi connectivity index (χ1n) is 6.88. The molecule has 4 aromatic rings. The summed E-state index contributed by atoms with van der Waals surface area (Å²) in [5.74, 6) is 1.67. The Morgan fingerprint density at radius 2 is 1.90 bits per heavy atom. The topological polar surface area (TPSA) is 69.4 Å². The zero-order valence-corrected chi connectivity index (χ0v) is 11.9. The monoisotopic (exact) mass is 277 g/mol. The van der Waals surface area contributed by atoms with Crippen LogP contribution < -0.4 is 5.32 Å². The number of pyridine rings is 1. The Kier molecular flexibility index (Phi) is 2.47. The summed E-state index contributed by atoms with van der Waals surface area (Å²) in [7, 11) is 1.86. The van der Waals surface area contributed by atoms with Gasteiger partial charge in [0.2, 0.25) is 0 Å². The molecule has 3 N–H and O–H groups in total. The van der Waals surface area contributed by atoms with Gasteiger partial charge in [-0.3, -0.25) is 0 Å². The molecular weight excluding hydrogens is 262 g/mol. The van der Waals surface area contributed by atoms with Crippen molar-refractivity contribution in [2.45, 2.75) is 6.92 Å². The number of nitrogens with zero attached hydrogens (tertiary/aromatic N) is 2. The van der Waals surface area contributed by atoms with E-state index in [0.717, 1.165) is 39.6 Å². The molecule has 0 aliphatic rings. The van der Waals surface area contributed by atoms with Gasteiger partial charge >= 0.3 is 0 Å². The van der Waals surface area contributed by atoms with Gasteiger partial charge in [0.15, 0.2) is 5.65 Å². The number of fused-ring (bicyclic) bond motifs is 2. The molecule has 3 aromatic heterocycles. The fourth-order valence-corrected chi connectivity index (χ4v) is 2.66. The van der Waals surface area contributed by atoms with Crippen LogP contribution in [0.25, 0.3) is 33.3 Å². The average Bonchev–Trinajstić information content (AvgIpc) is 3.07. The van der Waals surface area contributed by atoms with Crippen LogP contribution in [0.5, 0.6) is 0 Å². The minimum absolute atomic E-state index is 0.730. The van der Waals surface area contributed by atoms with Gasteiger partial charge in [0.1, 0.15) is 11.6 Å². The number of rotatable bonds is 2. The molecule has 0 fully saturated rings. The number of aryl methyl sites for hydroxylation is 1. The van der Waals surface area contributed by atoms with Crippen molar-refractivity contribution >= 4 is 27.9 Å². The van der Waals surface area contributed by atoms with Crippen molar-refractivity contribution in [3.63, 3.8) is 0 Å². The molecule has 104 valence electrons. The Bertz CT molecular complexity index is 915. The number of benzene rings is 1. The highest BCUT2D eigenvalue weighted by Crippen LogP contribution is 2.30. The Morgan fingerprint density at radius 1 is 1.05 bits per heavy atom. The van der Waals surface area contributed by atoms with Gasteiger partial charge in [-0.05, 0) is 25.1 Å². The molecule has 0 atom stereocenters. The lowest BCUT2D eigenvalue weighted by molar-refractivity contribution is 1.16. The third-order valence-corrected chi connectivity index (χ3v) is 3.66. The van der Waals surface area contributed by atoms with E-state index in [1.54, 1.807) is 0 Å². The van der Waals surface area contributed by atoms with Gasteiger partial charge in [-0.1, -0.05) is 18.2 Å². The molecule has 0 saturated carbocycles. The highest BCUT2D eigenvalue weighted by molar-refractivity contribution is 5.95. The number of hydrogen-bond donors (Lipinski definition) is 3. The van der Waals surface area contributed by atoms with E-state index in [2.05, 4.69) is 43.5 Å². The van der Waals surface area contributed by atoms with Crippen molar-refractivity contribution in [3.8, 4) is 11.3 Å². The van der Waals surface area contributed by atoms with Crippen LogP contribution in [0.2, 0.25) is 0 Å². The van der Waals surface area contributed by atoms with Crippen LogP contribution in [0.1, 0.15) is 5.82 Å². The molecule has 0 spiro atoms. The number of hydrogen-bond acceptors (Lipinski definition) is 3. The van der Waals surface area contributed by atoms with Gasteiger partial charge in [-0.15, -0.1) is 0 Å². The molecule has 4 rings (SSSR count). The second-order valence-electron chi connectivity index (χ2n) is 5.10. The predicted octanol–water partition coefficient (Wildman–Crippen LogP) is 3.46. The van der Waals surface area contributed by atoms with Gasteiger partial charge in [-0.25, -0.2) is 9.97 Å². The highest BCUT2D eigenvalue weighted by atomic mass is 15.0. The van der Waals surface area contributed by atoms with Crippen LogP contribution in [0.3, 0.4) is 0 Å². The fraction of sp³-hybridized carbons (Fsp3) is 0.125. The van der Waals surface area contributed by atoms with Gasteiger partial charge in [0.25, 0.3) is 0 Å². The molecule has 5 nitrogen and oxygen atoms in total. The Morgan fingerprint density at radius 3 is 2.71 bits per heavy atom. The third-order valence-electron chi connectivity index (χ3n) is 3.66. The normalized spacial score (nSPS) is 11.3. The molecule has 0 bridgehead atoms. The standard InChI is InChI=1S/C16H15N5/c1-9-18-15-11(8-14(17-2)21-16(15)19-9)13-7-10-5-3-4-6-12(10)20-13/h3-8,20H,1-2H3,(H2,17,18,19,21). The Labute approximate surface area is 121 Å². The van der Waals surface area contributed by atoms with Crippen molar-refractivity contribution in [2.24, 2.45) is 0 Å². The van der Waals surface area contributed by atoms with Crippen LogP contribution in [0.15, 0.2) is 36.4 Å². The van der Waals surface area contributed by atoms with Gasteiger partial charge in [0, 0.05) is 29.2 Å². The second kappa shape index (κ2) is 4.34. The first-order chi connectivity index (χ1) is 10.2. The zero-order valence-electron chi connectivity index (χ0n) is 11.9. The molecule has 3 heterocycles. The van der Waals surface area contributed by atoms with Gasteiger partial charge in [0.05, 0.1) is 5.52 Å². The Balaban J connectivity index is 2.03. The summed E-state index contributed by atoms with van der Waals surface area (Å²) in [6.45, 7) is 1.94. The average molecular weight is 277 g/mol. The minimum atomic E-state index is 0.730. The molecule has 21 heavy (non-hydrogen) atoms. The summed E-state index contributed by atoms with van der Waals surface area (Å²) < 4.78 is 0. The van der Waals surface area contributed by atoms with Crippen molar-refractivity contribution in [1.29, 1.82) is 0 Å². The first kappa shape index (κ1) is 12.0. The molecular formula is C16H15N5. The molecule has 0 aliphatic carbocycles. The number of nitrogens with one attached hydrogen (secondary N) is 3. The molecule has 5 heteroatoms. The number of aromatic nitrogens is 4. The molecule has 0 amide bonds. The van der Waals surface area contributed by atoms with E-state index in [4.69, 9.17) is 0 Å². The molecule has 0 radical (unpaired) electrons. The van der Waals surface area contributed by atoms with E-state index < -0.39 is 0 Å². The molecule has 0 saturated heterocycles. The van der Waals surface area contributed by atoms with Crippen LogP contribution in [0.4, 0.5) is 5.82 Å². The predicted molar refractivity (Wildman–Crippen MR) is 85.5 cm³/mol. The van der Waals surface area contributed by atoms with Crippen molar-refractivity contribution < 1.29 is 0 Å². The van der Waals surface area contributed by atoms with Crippen LogP contribution in [0, 0.1) is 6.92 Å². The first-order valence-corrected chi connectivity index (χ1v) is 6.88. The maximum absolute atomic E-state index is 4.49. The second-order valence-corrected chi connectivity index (χ2v) is 5.10. The van der Waals surface area contributed by atoms with Crippen LogP contribution in [-0.2, 0) is 0 Å². The number of aromatic amines is 2. The summed E-state index contributed by atoms with van der Waals surface area (Å²) in [5.41, 5.74) is 4.94. The lowest BCUT2D eigenvalue weighted by Gasteiger charge is -2.04. The summed E-state index contributed by atoms with van der Waals surface area (Å²) in [6, 6.07) is 12.4. The minimum Gasteiger partial charge on any atom is -0.373 e. The maximum Gasteiger partial charge on any atom is 0.180 e. The SMILES string of the molecule is CNc1cc(-c2cc3ccccc3[nH]2)c2[nH]c(C)nc2n1. The zero-order chi connectivity index (χ0) is 14.4. The Hall–Kier alpha value is -2.82. The fourth-order valence-electron chi connectivity index (χ4n) is 2.66. The summed E-state index contributed by atoms with van der Waals surface area (Å²) in [6.07, 6.45) is 0. The van der Waals surface area contributed by atoms with E-state index in [-0.39, 0.29) is 0 Å². The van der Waals surface area contributed by atoms with E-state index in [0.29, 0.717) is 0 Å². The van der Waals surface area contributed by atoms with E-state index in [1.807, 2.05) is 32.2 Å². The summed E-state index contributed by atoms with van der Waals surface area (Å²) in [5, 5.41) is 4.29. The quantitative estimate of drug-likeness (QED) is 0.525. The van der Waals surface area contributed by atoms with Crippen molar-refractivity contribution in [3.05, 3.63) is 42.2 Å². The van der Waals surface area contributed by atoms with E-state index in [9.17, 15) is 0 Å². The lowest BCUT2D eigenvalue weighted by atomic mass is 10.1. The lowest BCUT2D eigenvalue weighted by Crippen LogP contribution is -1.94. The van der Waals surface area contributed by atoms with E-state index in [1.165, 1.54) is 5.39 Å². The smallest absolute Gasteiger partial charge is 0.180 e. The number of para-hydroxylation sites is 1. The van der Waals surface area contributed by atoms with Crippen molar-refractivity contribution in [2.75, 3.05) is 12.4 Å². The molecule has 0 aliphatic heterocycles. The maximum atomic E-state index is 4.49. The number of anilines is 1. The van der Waals surface area contributed by atoms with Crippen LogP contribution in [-0.4, -0.2) is 27.0 Å².